The second kappa shape index (κ2) is 13.8. The topological polar surface area (TPSA) is 6.48 Å². The van der Waals surface area contributed by atoms with Crippen LogP contribution in [0.2, 0.25) is 0 Å². The molecule has 0 fully saturated rings. The molecule has 2 nitrogen and oxygen atoms in total. The van der Waals surface area contributed by atoms with Crippen molar-refractivity contribution in [3.63, 3.8) is 0 Å². The first-order valence-electron chi connectivity index (χ1n) is 25.3. The van der Waals surface area contributed by atoms with E-state index in [0.717, 1.165) is 6.42 Å². The Morgan fingerprint density at radius 1 is 0.457 bits per heavy atom. The Morgan fingerprint density at radius 3 is 1.89 bits per heavy atom. The number of fused-ring (bicyclic) bond motifs is 14. The molecule has 0 spiro atoms. The minimum Gasteiger partial charge on any atom is -0.376 e. The molecule has 10 aromatic rings. The van der Waals surface area contributed by atoms with Crippen LogP contribution < -0.4 is 20.6 Å². The van der Waals surface area contributed by atoms with Crippen LogP contribution in [0.4, 0.5) is 28.4 Å². The van der Waals surface area contributed by atoms with Crippen LogP contribution in [-0.4, -0.2) is 6.85 Å². The van der Waals surface area contributed by atoms with E-state index in [0.29, 0.717) is 0 Å². The summed E-state index contributed by atoms with van der Waals surface area (Å²) >= 11 is 1.94. The molecular formula is C66H53BN2S. The van der Waals surface area contributed by atoms with Crippen molar-refractivity contribution >= 4 is 77.7 Å². The fourth-order valence-electron chi connectivity index (χ4n) is 14.3. The van der Waals surface area contributed by atoms with Gasteiger partial charge in [0.25, 0.3) is 0 Å². The normalized spacial score (nSPS) is 17.5. The molecule has 0 saturated carbocycles. The minimum absolute atomic E-state index is 0.0375. The van der Waals surface area contributed by atoms with E-state index in [1.807, 2.05) is 11.3 Å². The third-order valence-electron chi connectivity index (χ3n) is 17.8. The minimum atomic E-state index is -0.585. The van der Waals surface area contributed by atoms with Crippen LogP contribution in [0, 0.1) is 0 Å². The van der Waals surface area contributed by atoms with E-state index in [1.54, 1.807) is 0 Å². The smallest absolute Gasteiger partial charge is 0.333 e. The molecule has 0 atom stereocenters. The summed E-state index contributed by atoms with van der Waals surface area (Å²) in [5.74, 6) is 0. The SMILES string of the molecule is CC1(C)CCC(C)(C)c2cc(N3B4c5cccc6c5N(c5ccccc5C6(c5ccccc5)c5ccccc5)c5cc6sc7ccccc7c6c(c54)-c4cc5c(cc43)C(C)(C)c3ccccc3-5)ccc21. The van der Waals surface area contributed by atoms with Gasteiger partial charge in [-0.1, -0.05) is 187 Å². The fourth-order valence-corrected chi connectivity index (χ4v) is 15.5. The summed E-state index contributed by atoms with van der Waals surface area (Å²) in [7, 11) is 0. The van der Waals surface area contributed by atoms with Crippen LogP contribution >= 0.6 is 11.3 Å². The van der Waals surface area contributed by atoms with Gasteiger partial charge in [0.2, 0.25) is 0 Å². The van der Waals surface area contributed by atoms with Gasteiger partial charge in [-0.25, -0.2) is 0 Å². The van der Waals surface area contributed by atoms with Crippen molar-refractivity contribution in [2.24, 2.45) is 0 Å². The molecule has 0 radical (unpaired) electrons. The fraction of sp³-hybridized carbons (Fsp3) is 0.182. The molecule has 4 heteroatoms. The van der Waals surface area contributed by atoms with Crippen molar-refractivity contribution in [1.29, 1.82) is 0 Å². The summed E-state index contributed by atoms with van der Waals surface area (Å²) < 4.78 is 2.65. The molecule has 0 N–H and O–H groups in total. The van der Waals surface area contributed by atoms with Gasteiger partial charge >= 0.3 is 6.85 Å². The lowest BCUT2D eigenvalue weighted by atomic mass is 9.42. The van der Waals surface area contributed by atoms with E-state index < -0.39 is 5.41 Å². The van der Waals surface area contributed by atoms with Crippen LogP contribution in [-0.2, 0) is 21.7 Å². The molecule has 0 amide bonds. The van der Waals surface area contributed by atoms with Crippen molar-refractivity contribution < 1.29 is 0 Å². The van der Waals surface area contributed by atoms with E-state index in [1.165, 1.54) is 133 Å². The van der Waals surface area contributed by atoms with Crippen molar-refractivity contribution in [3.8, 4) is 22.3 Å². The quantitative estimate of drug-likeness (QED) is 0.163. The lowest BCUT2D eigenvalue weighted by Crippen LogP contribution is -2.62. The van der Waals surface area contributed by atoms with Crippen LogP contribution in [0.1, 0.15) is 98.9 Å². The molecule has 70 heavy (non-hydrogen) atoms. The summed E-state index contributed by atoms with van der Waals surface area (Å²) in [4.78, 5) is 5.50. The molecule has 3 aliphatic heterocycles. The first-order chi connectivity index (χ1) is 34.0. The zero-order valence-electron chi connectivity index (χ0n) is 40.7. The van der Waals surface area contributed by atoms with Crippen molar-refractivity contribution in [1.82, 2.24) is 0 Å². The highest BCUT2D eigenvalue weighted by atomic mass is 32.1. The monoisotopic (exact) mass is 916 g/mol. The Hall–Kier alpha value is -7.14. The Bertz CT molecular complexity index is 3860. The van der Waals surface area contributed by atoms with Gasteiger partial charge in [-0.15, -0.1) is 11.3 Å². The molecule has 9 aromatic carbocycles. The Labute approximate surface area is 416 Å². The number of thiophene rings is 1. The lowest BCUT2D eigenvalue weighted by molar-refractivity contribution is 0.332. The summed E-state index contributed by atoms with van der Waals surface area (Å²) in [5, 5.41) is 2.71. The predicted octanol–water partition coefficient (Wildman–Crippen LogP) is 16.1. The second-order valence-electron chi connectivity index (χ2n) is 22.6. The van der Waals surface area contributed by atoms with E-state index >= 15 is 0 Å². The van der Waals surface area contributed by atoms with Gasteiger partial charge in [0.15, 0.2) is 0 Å². The van der Waals surface area contributed by atoms with Crippen LogP contribution in [0.25, 0.3) is 42.4 Å². The average molecular weight is 917 g/mol. The van der Waals surface area contributed by atoms with Crippen LogP contribution in [0.3, 0.4) is 0 Å². The second-order valence-corrected chi connectivity index (χ2v) is 23.7. The maximum absolute atomic E-state index is 2.80. The highest BCUT2D eigenvalue weighted by Gasteiger charge is 2.54. The summed E-state index contributed by atoms with van der Waals surface area (Å²) in [6.45, 7) is 14.6. The number of benzene rings is 9. The Kier molecular flexibility index (Phi) is 8.03. The van der Waals surface area contributed by atoms with Crippen molar-refractivity contribution in [2.45, 2.75) is 76.0 Å². The molecule has 0 saturated heterocycles. The first-order valence-corrected chi connectivity index (χ1v) is 26.2. The molecular weight excluding hydrogens is 864 g/mol. The van der Waals surface area contributed by atoms with Gasteiger partial charge in [0.1, 0.15) is 0 Å². The lowest BCUT2D eigenvalue weighted by Gasteiger charge is -2.52. The van der Waals surface area contributed by atoms with Crippen LogP contribution in [0.5, 0.6) is 0 Å². The maximum Gasteiger partial charge on any atom is 0.333 e. The zero-order valence-corrected chi connectivity index (χ0v) is 41.5. The number of hydrogen-bond donors (Lipinski definition) is 0. The number of hydrogen-bond acceptors (Lipinski definition) is 3. The van der Waals surface area contributed by atoms with Crippen molar-refractivity contribution in [3.05, 3.63) is 233 Å². The average Bonchev–Trinajstić information content (AvgIpc) is 3.87. The van der Waals surface area contributed by atoms with E-state index in [9.17, 15) is 0 Å². The predicted molar refractivity (Wildman–Crippen MR) is 298 cm³/mol. The van der Waals surface area contributed by atoms with Gasteiger partial charge in [-0.2, -0.15) is 0 Å². The summed E-state index contributed by atoms with van der Waals surface area (Å²) in [5.41, 5.74) is 24.8. The highest BCUT2D eigenvalue weighted by Crippen LogP contribution is 2.62. The molecule has 0 unspecified atom stereocenters. The molecule has 5 aliphatic rings. The zero-order chi connectivity index (χ0) is 47.1. The van der Waals surface area contributed by atoms with Gasteiger partial charge in [0, 0.05) is 53.9 Å². The third-order valence-corrected chi connectivity index (χ3v) is 18.9. The standard InChI is InChI=1S/C66H53BN2S/c1-63(2)34-35-64(3,4)52-36-42(32-33-48(52)63)69-55-38-51-45(43-24-13-15-26-47(43)65(51,5)6)37-46(55)60-59-44-25-14-18-31-57(44)70-58(59)39-56-61(60)67(69)53-29-19-28-50-62(53)68(56)54-30-17-16-27-49(54)66(50,40-20-9-7-10-21-40)41-22-11-8-12-23-41/h7-33,36-39H,34-35H2,1-6H3. The number of rotatable bonds is 3. The first kappa shape index (κ1) is 40.7. The Balaban J connectivity index is 1.13. The Morgan fingerprint density at radius 2 is 1.11 bits per heavy atom. The molecule has 336 valence electrons. The van der Waals surface area contributed by atoms with Crippen molar-refractivity contribution in [2.75, 3.05) is 9.71 Å². The number of nitrogens with zero attached hydrogens (tertiary/aromatic N) is 2. The number of anilines is 5. The largest absolute Gasteiger partial charge is 0.376 e. The molecule has 1 aromatic heterocycles. The molecule has 0 bridgehead atoms. The summed E-state index contributed by atoms with van der Waals surface area (Å²) in [6, 6.07) is 73.0. The molecule has 4 heterocycles. The maximum atomic E-state index is 2.80. The van der Waals surface area contributed by atoms with Gasteiger partial charge < -0.3 is 9.71 Å². The number of para-hydroxylation sites is 2. The molecule has 2 aliphatic carbocycles. The van der Waals surface area contributed by atoms with E-state index in [-0.39, 0.29) is 23.1 Å². The van der Waals surface area contributed by atoms with E-state index in [4.69, 9.17) is 0 Å². The molecule has 15 rings (SSSR count). The van der Waals surface area contributed by atoms with Crippen LogP contribution in [0.15, 0.2) is 188 Å². The third kappa shape index (κ3) is 5.05. The summed E-state index contributed by atoms with van der Waals surface area (Å²) in [6.07, 6.45) is 2.34. The van der Waals surface area contributed by atoms with Gasteiger partial charge in [-0.05, 0) is 138 Å². The van der Waals surface area contributed by atoms with Gasteiger partial charge in [-0.3, -0.25) is 0 Å². The van der Waals surface area contributed by atoms with E-state index in [2.05, 4.69) is 239 Å². The van der Waals surface area contributed by atoms with Gasteiger partial charge in [0.05, 0.1) is 11.1 Å². The highest BCUT2D eigenvalue weighted by molar-refractivity contribution is 7.26.